The van der Waals surface area contributed by atoms with E-state index in [9.17, 15) is 9.18 Å². The Labute approximate surface area is 117 Å². The van der Waals surface area contributed by atoms with Gasteiger partial charge in [-0.1, -0.05) is 37.3 Å². The van der Waals surface area contributed by atoms with Crippen LogP contribution in [-0.4, -0.2) is 12.1 Å². The molecule has 4 heteroatoms. The summed E-state index contributed by atoms with van der Waals surface area (Å²) in [5.41, 5.74) is 3.92. The Hall–Kier alpha value is -2.49. The van der Waals surface area contributed by atoms with Crippen LogP contribution in [0, 0.1) is 5.82 Å². The van der Waals surface area contributed by atoms with Gasteiger partial charge in [0.15, 0.2) is 0 Å². The van der Waals surface area contributed by atoms with Gasteiger partial charge in [0.05, 0.1) is 0 Å². The van der Waals surface area contributed by atoms with Gasteiger partial charge in [-0.3, -0.25) is 4.79 Å². The van der Waals surface area contributed by atoms with Crippen molar-refractivity contribution in [3.05, 3.63) is 71.5 Å². The normalized spacial score (nSPS) is 12.3. The highest BCUT2D eigenvalue weighted by atomic mass is 19.1. The van der Waals surface area contributed by atoms with Gasteiger partial charge >= 0.3 is 0 Å². The molecule has 0 saturated carbocycles. The molecule has 0 spiro atoms. The number of hydrogen-bond donors (Lipinski definition) is 1. The SMILES string of the molecule is CC(C=NNC(=O)c1ccc(F)cc1)c1ccccc1. The molecule has 102 valence electrons. The third-order valence-corrected chi connectivity index (χ3v) is 2.90. The van der Waals surface area contributed by atoms with Crippen molar-refractivity contribution in [1.29, 1.82) is 0 Å². The molecule has 3 nitrogen and oxygen atoms in total. The van der Waals surface area contributed by atoms with Crippen LogP contribution in [0.1, 0.15) is 28.8 Å². The number of nitrogens with zero attached hydrogens (tertiary/aromatic N) is 1. The van der Waals surface area contributed by atoms with E-state index in [1.807, 2.05) is 37.3 Å². The summed E-state index contributed by atoms with van der Waals surface area (Å²) in [5.74, 6) is -0.631. The van der Waals surface area contributed by atoms with Gasteiger partial charge in [-0.05, 0) is 29.8 Å². The lowest BCUT2D eigenvalue weighted by Crippen LogP contribution is -2.18. The molecule has 0 radical (unpaired) electrons. The van der Waals surface area contributed by atoms with Gasteiger partial charge in [-0.25, -0.2) is 9.82 Å². The van der Waals surface area contributed by atoms with Gasteiger partial charge in [0.1, 0.15) is 5.82 Å². The molecule has 20 heavy (non-hydrogen) atoms. The number of benzene rings is 2. The van der Waals surface area contributed by atoms with Crippen molar-refractivity contribution >= 4 is 12.1 Å². The first kappa shape index (κ1) is 13.9. The fourth-order valence-electron chi connectivity index (χ4n) is 1.72. The maximum Gasteiger partial charge on any atom is 0.271 e. The molecule has 2 rings (SSSR count). The molecule has 0 fully saturated rings. The molecule has 0 aliphatic heterocycles. The number of carbonyl (C=O) groups excluding carboxylic acids is 1. The molecule has 0 bridgehead atoms. The van der Waals surface area contributed by atoms with Crippen LogP contribution in [0.5, 0.6) is 0 Å². The smallest absolute Gasteiger partial charge is 0.267 e. The third-order valence-electron chi connectivity index (χ3n) is 2.90. The van der Waals surface area contributed by atoms with E-state index < -0.39 is 0 Å². The van der Waals surface area contributed by atoms with E-state index in [2.05, 4.69) is 10.5 Å². The van der Waals surface area contributed by atoms with E-state index >= 15 is 0 Å². The first-order chi connectivity index (χ1) is 9.66. The Morgan fingerprint density at radius 2 is 1.80 bits per heavy atom. The van der Waals surface area contributed by atoms with Crippen LogP contribution in [0.2, 0.25) is 0 Å². The molecular formula is C16H15FN2O. The Kier molecular flexibility index (Phi) is 4.60. The maximum atomic E-state index is 12.7. The lowest BCUT2D eigenvalue weighted by molar-refractivity contribution is 0.0955. The zero-order valence-corrected chi connectivity index (χ0v) is 11.1. The average molecular weight is 270 g/mol. The van der Waals surface area contributed by atoms with Crippen LogP contribution in [0.3, 0.4) is 0 Å². The van der Waals surface area contributed by atoms with Gasteiger partial charge in [0.25, 0.3) is 5.91 Å². The van der Waals surface area contributed by atoms with E-state index in [1.165, 1.54) is 24.3 Å². The van der Waals surface area contributed by atoms with Gasteiger partial charge in [-0.15, -0.1) is 0 Å². The van der Waals surface area contributed by atoms with Gasteiger partial charge in [0.2, 0.25) is 0 Å². The summed E-state index contributed by atoms with van der Waals surface area (Å²) in [4.78, 5) is 11.7. The van der Waals surface area contributed by atoms with Crippen molar-refractivity contribution in [3.8, 4) is 0 Å². The van der Waals surface area contributed by atoms with Gasteiger partial charge in [0, 0.05) is 17.7 Å². The first-order valence-electron chi connectivity index (χ1n) is 6.31. The van der Waals surface area contributed by atoms with Gasteiger partial charge < -0.3 is 0 Å². The van der Waals surface area contributed by atoms with E-state index in [1.54, 1.807) is 6.21 Å². The van der Waals surface area contributed by atoms with Crippen LogP contribution < -0.4 is 5.43 Å². The number of nitrogens with one attached hydrogen (secondary N) is 1. The molecule has 2 aromatic rings. The summed E-state index contributed by atoms with van der Waals surface area (Å²) in [6.45, 7) is 1.99. The van der Waals surface area contributed by atoms with Crippen molar-refractivity contribution in [2.45, 2.75) is 12.8 Å². The second-order valence-corrected chi connectivity index (χ2v) is 4.43. The van der Waals surface area contributed by atoms with Crippen LogP contribution in [0.4, 0.5) is 4.39 Å². The summed E-state index contributed by atoms with van der Waals surface area (Å²) in [6.07, 6.45) is 1.66. The summed E-state index contributed by atoms with van der Waals surface area (Å²) in [5, 5.41) is 3.93. The predicted molar refractivity (Wildman–Crippen MR) is 77.2 cm³/mol. The van der Waals surface area contributed by atoms with Crippen molar-refractivity contribution < 1.29 is 9.18 Å². The highest BCUT2D eigenvalue weighted by Gasteiger charge is 2.04. The zero-order chi connectivity index (χ0) is 14.4. The summed E-state index contributed by atoms with van der Waals surface area (Å²) >= 11 is 0. The minimum atomic E-state index is -0.372. The molecule has 1 unspecified atom stereocenters. The van der Waals surface area contributed by atoms with E-state index in [4.69, 9.17) is 0 Å². The monoisotopic (exact) mass is 270 g/mol. The van der Waals surface area contributed by atoms with E-state index in [0.29, 0.717) is 5.56 Å². The number of amides is 1. The van der Waals surface area contributed by atoms with Crippen LogP contribution in [0.25, 0.3) is 0 Å². The van der Waals surface area contributed by atoms with E-state index in [-0.39, 0.29) is 17.6 Å². The minimum absolute atomic E-state index is 0.102. The molecule has 1 amide bonds. The van der Waals surface area contributed by atoms with Crippen molar-refractivity contribution in [2.24, 2.45) is 5.10 Å². The highest BCUT2D eigenvalue weighted by Crippen LogP contribution is 2.11. The van der Waals surface area contributed by atoms with Crippen LogP contribution in [-0.2, 0) is 0 Å². The molecule has 0 heterocycles. The summed E-state index contributed by atoms with van der Waals surface area (Å²) < 4.78 is 12.7. The number of hydrazone groups is 1. The van der Waals surface area contributed by atoms with Crippen molar-refractivity contribution in [2.75, 3.05) is 0 Å². The fraction of sp³-hybridized carbons (Fsp3) is 0.125. The molecule has 0 aliphatic rings. The van der Waals surface area contributed by atoms with E-state index in [0.717, 1.165) is 5.56 Å². The summed E-state index contributed by atoms with van der Waals surface area (Å²) in [6, 6.07) is 15.2. The second-order valence-electron chi connectivity index (χ2n) is 4.43. The number of carbonyl (C=O) groups is 1. The average Bonchev–Trinajstić information content (AvgIpc) is 2.48. The highest BCUT2D eigenvalue weighted by molar-refractivity contribution is 5.94. The molecule has 0 aliphatic carbocycles. The van der Waals surface area contributed by atoms with Crippen molar-refractivity contribution in [3.63, 3.8) is 0 Å². The molecule has 0 saturated heterocycles. The van der Waals surface area contributed by atoms with Crippen LogP contribution in [0.15, 0.2) is 59.7 Å². The predicted octanol–water partition coefficient (Wildman–Crippen LogP) is 3.35. The quantitative estimate of drug-likeness (QED) is 0.672. The molecule has 0 aromatic heterocycles. The fourth-order valence-corrected chi connectivity index (χ4v) is 1.72. The Morgan fingerprint density at radius 1 is 1.15 bits per heavy atom. The maximum absolute atomic E-state index is 12.7. The Bertz CT molecular complexity index is 594. The largest absolute Gasteiger partial charge is 0.271 e. The standard InChI is InChI=1S/C16H15FN2O/c1-12(13-5-3-2-4-6-13)11-18-19-16(20)14-7-9-15(17)10-8-14/h2-12H,1H3,(H,19,20). The second kappa shape index (κ2) is 6.61. The Balaban J connectivity index is 1.93. The molecular weight excluding hydrogens is 255 g/mol. The molecule has 2 aromatic carbocycles. The number of halogens is 1. The third kappa shape index (κ3) is 3.75. The van der Waals surface area contributed by atoms with Crippen molar-refractivity contribution in [1.82, 2.24) is 5.43 Å². The Morgan fingerprint density at radius 3 is 2.45 bits per heavy atom. The zero-order valence-electron chi connectivity index (χ0n) is 11.1. The summed E-state index contributed by atoms with van der Waals surface area (Å²) in [7, 11) is 0. The molecule has 1 atom stereocenters. The van der Waals surface area contributed by atoms with Gasteiger partial charge in [-0.2, -0.15) is 5.10 Å². The minimum Gasteiger partial charge on any atom is -0.267 e. The number of rotatable bonds is 4. The lowest BCUT2D eigenvalue weighted by atomic mass is 10.0. The first-order valence-corrected chi connectivity index (χ1v) is 6.31. The molecule has 1 N–H and O–H groups in total. The van der Waals surface area contributed by atoms with Crippen LogP contribution >= 0.6 is 0 Å². The lowest BCUT2D eigenvalue weighted by Gasteiger charge is -2.05. The number of hydrogen-bond acceptors (Lipinski definition) is 2. The topological polar surface area (TPSA) is 41.5 Å².